The average molecular weight is 272 g/mol. The van der Waals surface area contributed by atoms with Gasteiger partial charge in [0.2, 0.25) is 0 Å². The maximum absolute atomic E-state index is 10.1. The molecule has 0 aromatic rings. The maximum Gasteiger partial charge on any atom is 0.327 e. The topological polar surface area (TPSA) is 63.6 Å². The number of hydrogen-bond acceptors (Lipinski definition) is 3. The van der Waals surface area contributed by atoms with Gasteiger partial charge in [-0.15, -0.1) is 0 Å². The van der Waals surface area contributed by atoms with E-state index in [0.29, 0.717) is 6.61 Å². The molecule has 0 heterocycles. The van der Waals surface area contributed by atoms with E-state index in [1.165, 1.54) is 45.1 Å². The van der Waals surface area contributed by atoms with Gasteiger partial charge in [0.1, 0.15) is 0 Å². The van der Waals surface area contributed by atoms with Gasteiger partial charge in [0.25, 0.3) is 0 Å². The number of rotatable bonds is 9. The molecule has 1 N–H and O–H groups in total. The van der Waals surface area contributed by atoms with Crippen LogP contribution in [0.1, 0.15) is 65.7 Å². The Kier molecular flexibility index (Phi) is 17.6. The van der Waals surface area contributed by atoms with Gasteiger partial charge in [0.05, 0.1) is 6.61 Å². The molecule has 4 heteroatoms. The minimum Gasteiger partial charge on any atom is -0.478 e. The van der Waals surface area contributed by atoms with Crippen molar-refractivity contribution in [3.8, 4) is 0 Å². The van der Waals surface area contributed by atoms with Crippen LogP contribution in [0.5, 0.6) is 0 Å². The molecule has 0 atom stereocenters. The fraction of sp³-hybridized carbons (Fsp3) is 0.733. The molecule has 0 radical (unpaired) electrons. The van der Waals surface area contributed by atoms with E-state index in [4.69, 9.17) is 5.11 Å². The molecular weight excluding hydrogens is 244 g/mol. The summed E-state index contributed by atoms with van der Waals surface area (Å²) in [6.07, 6.45) is 11.4. The predicted octanol–water partition coefficient (Wildman–Crippen LogP) is 3.95. The lowest BCUT2D eigenvalue weighted by Crippen LogP contribution is -1.95. The molecule has 0 unspecified atom stereocenters. The molecule has 0 aromatic heterocycles. The van der Waals surface area contributed by atoms with Gasteiger partial charge in [-0.3, -0.25) is 4.79 Å². The van der Waals surface area contributed by atoms with E-state index in [9.17, 15) is 9.59 Å². The van der Waals surface area contributed by atoms with Gasteiger partial charge in [-0.25, -0.2) is 4.79 Å². The van der Waals surface area contributed by atoms with E-state index in [1.807, 2.05) is 0 Å². The van der Waals surface area contributed by atoms with Crippen LogP contribution in [-0.2, 0) is 14.3 Å². The standard InChI is InChI=1S/C11H20O2.C4H8O2/c1-2-3-4-5-6-7-8-9-10-11(12)13;1-3-6-4(2)5/h9-10H,2-8H2,1H3,(H,12,13);3H2,1-2H3. The quantitative estimate of drug-likeness (QED) is 0.392. The van der Waals surface area contributed by atoms with Gasteiger partial charge in [-0.05, 0) is 19.8 Å². The SMILES string of the molecule is CCCCCCCCC=CC(=O)O.CCOC(C)=O. The lowest BCUT2D eigenvalue weighted by atomic mass is 10.1. The van der Waals surface area contributed by atoms with Crippen molar-refractivity contribution < 1.29 is 19.4 Å². The Morgan fingerprint density at radius 2 is 1.63 bits per heavy atom. The van der Waals surface area contributed by atoms with Gasteiger partial charge in [-0.1, -0.05) is 45.1 Å². The number of allylic oxidation sites excluding steroid dienone is 1. The molecule has 0 aliphatic heterocycles. The summed E-state index contributed by atoms with van der Waals surface area (Å²) in [6.45, 7) is 5.86. The summed E-state index contributed by atoms with van der Waals surface area (Å²) in [5.41, 5.74) is 0. The van der Waals surface area contributed by atoms with Gasteiger partial charge in [-0.2, -0.15) is 0 Å². The van der Waals surface area contributed by atoms with Crippen molar-refractivity contribution in [1.82, 2.24) is 0 Å². The van der Waals surface area contributed by atoms with Crippen LogP contribution in [0, 0.1) is 0 Å². The van der Waals surface area contributed by atoms with Crippen molar-refractivity contribution in [2.24, 2.45) is 0 Å². The van der Waals surface area contributed by atoms with Gasteiger partial charge >= 0.3 is 11.9 Å². The Labute approximate surface area is 116 Å². The number of carbonyl (C=O) groups excluding carboxylic acids is 1. The Bertz CT molecular complexity index is 247. The first-order valence-electron chi connectivity index (χ1n) is 7.07. The summed E-state index contributed by atoms with van der Waals surface area (Å²) in [7, 11) is 0. The minimum absolute atomic E-state index is 0.211. The summed E-state index contributed by atoms with van der Waals surface area (Å²) in [5.74, 6) is -1.05. The first-order chi connectivity index (χ1) is 9.04. The van der Waals surface area contributed by atoms with E-state index < -0.39 is 5.97 Å². The maximum atomic E-state index is 10.1. The zero-order valence-corrected chi connectivity index (χ0v) is 12.5. The summed E-state index contributed by atoms with van der Waals surface area (Å²) >= 11 is 0. The highest BCUT2D eigenvalue weighted by molar-refractivity contribution is 5.79. The van der Waals surface area contributed by atoms with Crippen LogP contribution >= 0.6 is 0 Å². The van der Waals surface area contributed by atoms with E-state index >= 15 is 0 Å². The van der Waals surface area contributed by atoms with Crippen LogP contribution in [0.25, 0.3) is 0 Å². The average Bonchev–Trinajstić information content (AvgIpc) is 2.33. The molecule has 0 aliphatic rings. The highest BCUT2D eigenvalue weighted by Gasteiger charge is 1.89. The Balaban J connectivity index is 0. The lowest BCUT2D eigenvalue weighted by Gasteiger charge is -1.96. The van der Waals surface area contributed by atoms with Gasteiger partial charge in [0, 0.05) is 13.0 Å². The Hall–Kier alpha value is -1.32. The molecule has 0 bridgehead atoms. The van der Waals surface area contributed by atoms with E-state index in [-0.39, 0.29) is 5.97 Å². The molecule has 0 fully saturated rings. The second-order valence-electron chi connectivity index (χ2n) is 4.22. The van der Waals surface area contributed by atoms with Crippen LogP contribution in [0.15, 0.2) is 12.2 Å². The summed E-state index contributed by atoms with van der Waals surface area (Å²) < 4.78 is 4.40. The molecule has 0 rings (SSSR count). The third-order valence-electron chi connectivity index (χ3n) is 2.33. The monoisotopic (exact) mass is 272 g/mol. The number of ether oxygens (including phenoxy) is 1. The summed E-state index contributed by atoms with van der Waals surface area (Å²) in [4.78, 5) is 19.9. The van der Waals surface area contributed by atoms with Gasteiger partial charge < -0.3 is 9.84 Å². The molecule has 0 aromatic carbocycles. The molecule has 19 heavy (non-hydrogen) atoms. The Morgan fingerprint density at radius 3 is 2.05 bits per heavy atom. The number of carboxylic acids is 1. The third kappa shape index (κ3) is 26.3. The summed E-state index contributed by atoms with van der Waals surface area (Å²) in [5, 5.41) is 8.30. The zero-order chi connectivity index (χ0) is 14.9. The largest absolute Gasteiger partial charge is 0.478 e. The highest BCUT2D eigenvalue weighted by Crippen LogP contribution is 2.06. The first-order valence-corrected chi connectivity index (χ1v) is 7.07. The molecule has 0 saturated heterocycles. The fourth-order valence-electron chi connectivity index (χ4n) is 1.43. The molecule has 0 saturated carbocycles. The molecule has 0 amide bonds. The van der Waals surface area contributed by atoms with Crippen LogP contribution in [-0.4, -0.2) is 23.7 Å². The molecule has 0 spiro atoms. The normalized spacial score (nSPS) is 9.84. The van der Waals surface area contributed by atoms with Crippen LogP contribution in [0.3, 0.4) is 0 Å². The summed E-state index contributed by atoms with van der Waals surface area (Å²) in [6, 6.07) is 0. The van der Waals surface area contributed by atoms with Crippen LogP contribution in [0.2, 0.25) is 0 Å². The van der Waals surface area contributed by atoms with Crippen molar-refractivity contribution in [2.75, 3.05) is 6.61 Å². The molecule has 4 nitrogen and oxygen atoms in total. The smallest absolute Gasteiger partial charge is 0.327 e. The number of aliphatic carboxylic acids is 1. The second kappa shape index (κ2) is 16.7. The fourth-order valence-corrected chi connectivity index (χ4v) is 1.43. The van der Waals surface area contributed by atoms with Crippen LogP contribution < -0.4 is 0 Å². The lowest BCUT2D eigenvalue weighted by molar-refractivity contribution is -0.140. The predicted molar refractivity (Wildman–Crippen MR) is 77.1 cm³/mol. The third-order valence-corrected chi connectivity index (χ3v) is 2.33. The highest BCUT2D eigenvalue weighted by atomic mass is 16.5. The van der Waals surface area contributed by atoms with Crippen molar-refractivity contribution in [2.45, 2.75) is 65.7 Å². The number of hydrogen-bond donors (Lipinski definition) is 1. The molecule has 0 aliphatic carbocycles. The van der Waals surface area contributed by atoms with Gasteiger partial charge in [0.15, 0.2) is 0 Å². The van der Waals surface area contributed by atoms with E-state index in [1.54, 1.807) is 13.0 Å². The number of carbonyl (C=O) groups is 2. The van der Waals surface area contributed by atoms with Crippen molar-refractivity contribution >= 4 is 11.9 Å². The minimum atomic E-state index is -0.842. The van der Waals surface area contributed by atoms with Crippen molar-refractivity contribution in [3.63, 3.8) is 0 Å². The first kappa shape index (κ1) is 20.0. The number of carboxylic acid groups (broad SMARTS) is 1. The molecular formula is C15H28O4. The number of esters is 1. The zero-order valence-electron chi connectivity index (χ0n) is 12.5. The van der Waals surface area contributed by atoms with E-state index in [2.05, 4.69) is 11.7 Å². The van der Waals surface area contributed by atoms with E-state index in [0.717, 1.165) is 12.8 Å². The van der Waals surface area contributed by atoms with Crippen LogP contribution in [0.4, 0.5) is 0 Å². The van der Waals surface area contributed by atoms with Crippen molar-refractivity contribution in [3.05, 3.63) is 12.2 Å². The second-order valence-corrected chi connectivity index (χ2v) is 4.22. The van der Waals surface area contributed by atoms with Crippen molar-refractivity contribution in [1.29, 1.82) is 0 Å². The number of unbranched alkanes of at least 4 members (excludes halogenated alkanes) is 6. The Morgan fingerprint density at radius 1 is 1.05 bits per heavy atom. The molecule has 112 valence electrons.